The Morgan fingerprint density at radius 3 is 2.62 bits per heavy atom. The number of aliphatic hydroxyl groups excluding tert-OH is 1. The number of nitrogens with one attached hydrogen (secondary N) is 1. The van der Waals surface area contributed by atoms with Crippen molar-refractivity contribution in [3.8, 4) is 0 Å². The number of ether oxygens (including phenoxy) is 3. The number of hydrogen-bond donors (Lipinski definition) is 2. The fourth-order valence-electron chi connectivity index (χ4n) is 3.16. The Morgan fingerprint density at radius 1 is 1.38 bits per heavy atom. The van der Waals surface area contributed by atoms with Gasteiger partial charge in [-0.3, -0.25) is 0 Å². The lowest BCUT2D eigenvalue weighted by Crippen LogP contribution is -2.57. The largest absolute Gasteiger partial charge is 0.444 e. The van der Waals surface area contributed by atoms with E-state index in [2.05, 4.69) is 12.2 Å². The van der Waals surface area contributed by atoms with Crippen LogP contribution in [-0.4, -0.2) is 46.9 Å². The van der Waals surface area contributed by atoms with Crippen molar-refractivity contribution in [2.24, 2.45) is 0 Å². The molecule has 0 spiro atoms. The Bertz CT molecular complexity index is 494. The van der Waals surface area contributed by atoms with Crippen molar-refractivity contribution in [2.75, 3.05) is 0 Å². The number of alkyl carbamates (subject to hydrolysis) is 1. The molecule has 6 heteroatoms. The van der Waals surface area contributed by atoms with Crippen LogP contribution in [0.15, 0.2) is 11.6 Å². The van der Waals surface area contributed by atoms with E-state index in [9.17, 15) is 9.90 Å². The van der Waals surface area contributed by atoms with E-state index in [-0.39, 0.29) is 6.10 Å². The molecule has 1 aliphatic carbocycles. The summed E-state index contributed by atoms with van der Waals surface area (Å²) in [5.41, 5.74) is 0.288. The Labute approximate surface area is 144 Å². The van der Waals surface area contributed by atoms with E-state index in [4.69, 9.17) is 14.2 Å². The van der Waals surface area contributed by atoms with E-state index >= 15 is 0 Å². The number of carbonyl (C=O) groups excluding carboxylic acids is 1. The number of carbonyl (C=O) groups is 1. The van der Waals surface area contributed by atoms with Gasteiger partial charge >= 0.3 is 6.09 Å². The minimum Gasteiger partial charge on any atom is -0.444 e. The van der Waals surface area contributed by atoms with Gasteiger partial charge in [-0.25, -0.2) is 4.79 Å². The Hall–Kier alpha value is -1.11. The highest BCUT2D eigenvalue weighted by Crippen LogP contribution is 2.37. The van der Waals surface area contributed by atoms with Gasteiger partial charge in [0.25, 0.3) is 0 Å². The summed E-state index contributed by atoms with van der Waals surface area (Å²) in [5.74, 6) is -0.750. The molecule has 0 unspecified atom stereocenters. The average Bonchev–Trinajstić information content (AvgIpc) is 2.72. The summed E-state index contributed by atoms with van der Waals surface area (Å²) in [6.45, 7) is 11.2. The molecule has 138 valence electrons. The molecule has 1 amide bonds. The van der Waals surface area contributed by atoms with Crippen molar-refractivity contribution in [2.45, 2.75) is 96.5 Å². The van der Waals surface area contributed by atoms with E-state index in [0.717, 1.165) is 24.8 Å². The quantitative estimate of drug-likeness (QED) is 0.769. The summed E-state index contributed by atoms with van der Waals surface area (Å²) in [5, 5.41) is 13.5. The van der Waals surface area contributed by atoms with E-state index in [1.165, 1.54) is 0 Å². The van der Waals surface area contributed by atoms with Gasteiger partial charge in [-0.1, -0.05) is 19.4 Å². The standard InChI is InChI=1S/C18H31NO5/c1-7-8-9-11-10-12-15(23-18(5,6)22-12)13(14(11)20)19-16(21)24-17(2,3)4/h10,12-15,20H,7-9H2,1-6H3,(H,19,21)/t12-,13+,14+,15-/m0/s1. The van der Waals surface area contributed by atoms with E-state index < -0.39 is 35.7 Å². The first-order valence-corrected chi connectivity index (χ1v) is 8.76. The van der Waals surface area contributed by atoms with Gasteiger partial charge in [0.2, 0.25) is 0 Å². The Morgan fingerprint density at radius 2 is 2.04 bits per heavy atom. The fourth-order valence-corrected chi connectivity index (χ4v) is 3.16. The predicted molar refractivity (Wildman–Crippen MR) is 90.6 cm³/mol. The van der Waals surface area contributed by atoms with Crippen molar-refractivity contribution in [3.63, 3.8) is 0 Å². The normalized spacial score (nSPS) is 32.0. The van der Waals surface area contributed by atoms with Gasteiger partial charge in [0, 0.05) is 0 Å². The molecular formula is C18H31NO5. The molecule has 0 aromatic heterocycles. The highest BCUT2D eigenvalue weighted by Gasteiger charge is 2.50. The van der Waals surface area contributed by atoms with Crippen LogP contribution in [0.3, 0.4) is 0 Å². The molecule has 1 aliphatic heterocycles. The smallest absolute Gasteiger partial charge is 0.408 e. The minimum atomic E-state index is -0.803. The maximum Gasteiger partial charge on any atom is 0.408 e. The molecule has 0 radical (unpaired) electrons. The molecule has 1 saturated heterocycles. The zero-order valence-electron chi connectivity index (χ0n) is 15.6. The van der Waals surface area contributed by atoms with Crippen LogP contribution in [0.2, 0.25) is 0 Å². The van der Waals surface area contributed by atoms with Crippen molar-refractivity contribution in [1.82, 2.24) is 5.32 Å². The molecule has 0 aromatic rings. The Kier molecular flexibility index (Phi) is 5.62. The van der Waals surface area contributed by atoms with Crippen LogP contribution >= 0.6 is 0 Å². The van der Waals surface area contributed by atoms with Gasteiger partial charge < -0.3 is 24.6 Å². The van der Waals surface area contributed by atoms with E-state index in [1.807, 2.05) is 19.9 Å². The van der Waals surface area contributed by atoms with Crippen molar-refractivity contribution >= 4 is 6.09 Å². The van der Waals surface area contributed by atoms with Crippen LogP contribution in [0.25, 0.3) is 0 Å². The summed E-state index contributed by atoms with van der Waals surface area (Å²) >= 11 is 0. The van der Waals surface area contributed by atoms with Crippen LogP contribution in [0, 0.1) is 0 Å². The third-order valence-electron chi connectivity index (χ3n) is 4.12. The van der Waals surface area contributed by atoms with Crippen LogP contribution in [0.4, 0.5) is 4.79 Å². The zero-order valence-corrected chi connectivity index (χ0v) is 15.6. The maximum atomic E-state index is 12.2. The SMILES string of the molecule is CCCCC1=C[C@@H]2OC(C)(C)O[C@@H]2[C@H](NC(=O)OC(C)(C)C)[C@@H]1O. The van der Waals surface area contributed by atoms with E-state index in [0.29, 0.717) is 0 Å². The van der Waals surface area contributed by atoms with Gasteiger partial charge in [0.15, 0.2) is 5.79 Å². The molecule has 1 heterocycles. The van der Waals surface area contributed by atoms with Gasteiger partial charge in [0.05, 0.1) is 12.1 Å². The average molecular weight is 341 g/mol. The summed E-state index contributed by atoms with van der Waals surface area (Å²) in [7, 11) is 0. The van der Waals surface area contributed by atoms with Crippen LogP contribution in [0.5, 0.6) is 0 Å². The number of fused-ring (bicyclic) bond motifs is 1. The highest BCUT2D eigenvalue weighted by atomic mass is 16.8. The molecule has 2 N–H and O–H groups in total. The van der Waals surface area contributed by atoms with Gasteiger partial charge in [-0.15, -0.1) is 0 Å². The Balaban J connectivity index is 2.17. The van der Waals surface area contributed by atoms with Gasteiger partial charge in [0.1, 0.15) is 17.8 Å². The molecule has 6 nitrogen and oxygen atoms in total. The molecule has 1 fully saturated rings. The second kappa shape index (κ2) is 7.02. The second-order valence-corrected chi connectivity index (χ2v) is 8.03. The second-order valence-electron chi connectivity index (χ2n) is 8.03. The van der Waals surface area contributed by atoms with Crippen LogP contribution < -0.4 is 5.32 Å². The summed E-state index contributed by atoms with van der Waals surface area (Å²) in [6.07, 6.45) is 2.65. The van der Waals surface area contributed by atoms with Crippen molar-refractivity contribution in [3.05, 3.63) is 11.6 Å². The van der Waals surface area contributed by atoms with Crippen LogP contribution in [-0.2, 0) is 14.2 Å². The fraction of sp³-hybridized carbons (Fsp3) is 0.833. The minimum absolute atomic E-state index is 0.282. The predicted octanol–water partition coefficient (Wildman–Crippen LogP) is 2.89. The molecule has 2 rings (SSSR count). The lowest BCUT2D eigenvalue weighted by molar-refractivity contribution is -0.147. The first-order valence-electron chi connectivity index (χ1n) is 8.76. The maximum absolute atomic E-state index is 12.2. The van der Waals surface area contributed by atoms with Gasteiger partial charge in [-0.05, 0) is 53.0 Å². The van der Waals surface area contributed by atoms with E-state index in [1.54, 1.807) is 20.8 Å². The van der Waals surface area contributed by atoms with Crippen LogP contribution in [0.1, 0.15) is 60.8 Å². The summed E-state index contributed by atoms with van der Waals surface area (Å²) in [6, 6.07) is -0.594. The first kappa shape index (κ1) is 19.2. The molecule has 4 atom stereocenters. The topological polar surface area (TPSA) is 77.0 Å². The molecule has 24 heavy (non-hydrogen) atoms. The van der Waals surface area contributed by atoms with Gasteiger partial charge in [-0.2, -0.15) is 0 Å². The molecule has 0 aromatic carbocycles. The molecule has 0 bridgehead atoms. The molecular weight excluding hydrogens is 310 g/mol. The van der Waals surface area contributed by atoms with Crippen molar-refractivity contribution in [1.29, 1.82) is 0 Å². The number of amides is 1. The third kappa shape index (κ3) is 4.71. The number of aliphatic hydroxyl groups is 1. The number of hydrogen-bond acceptors (Lipinski definition) is 5. The zero-order chi connectivity index (χ0) is 18.1. The molecule has 2 aliphatic rings. The van der Waals surface area contributed by atoms with Crippen molar-refractivity contribution < 1.29 is 24.1 Å². The third-order valence-corrected chi connectivity index (χ3v) is 4.12. The summed E-state index contributed by atoms with van der Waals surface area (Å²) < 4.78 is 17.2. The molecule has 0 saturated carbocycles. The number of unbranched alkanes of at least 4 members (excludes halogenated alkanes) is 1. The number of rotatable bonds is 4. The lowest BCUT2D eigenvalue weighted by Gasteiger charge is -2.36. The lowest BCUT2D eigenvalue weighted by atomic mass is 9.85. The monoisotopic (exact) mass is 341 g/mol. The highest BCUT2D eigenvalue weighted by molar-refractivity contribution is 5.68. The first-order chi connectivity index (χ1) is 11.0. The summed E-state index contributed by atoms with van der Waals surface area (Å²) in [4.78, 5) is 12.2.